The summed E-state index contributed by atoms with van der Waals surface area (Å²) in [6.07, 6.45) is 0.153. The van der Waals surface area contributed by atoms with Crippen LogP contribution in [0.1, 0.15) is 12.6 Å². The summed E-state index contributed by atoms with van der Waals surface area (Å²) in [4.78, 5) is 28.8. The van der Waals surface area contributed by atoms with Crippen molar-refractivity contribution in [1.82, 2.24) is 14.1 Å². The molecule has 2 heterocycles. The van der Waals surface area contributed by atoms with Crippen LogP contribution in [0.3, 0.4) is 0 Å². The van der Waals surface area contributed by atoms with Gasteiger partial charge in [-0.05, 0) is 25.1 Å². The van der Waals surface area contributed by atoms with Gasteiger partial charge in [-0.3, -0.25) is 14.0 Å². The minimum absolute atomic E-state index is 0.0112. The van der Waals surface area contributed by atoms with Crippen molar-refractivity contribution < 1.29 is 23.1 Å². The first-order valence-electron chi connectivity index (χ1n) is 8.36. The number of thiazole rings is 1. The number of aromatic nitrogens is 2. The van der Waals surface area contributed by atoms with E-state index in [0.29, 0.717) is 4.96 Å². The monoisotopic (exact) mass is 491 g/mol. The van der Waals surface area contributed by atoms with Gasteiger partial charge >= 0.3 is 5.97 Å². The molecule has 0 aliphatic heterocycles. The molecule has 0 aliphatic carbocycles. The number of nitrogens with one attached hydrogen (secondary N) is 1. The predicted octanol–water partition coefficient (Wildman–Crippen LogP) is 1.83. The van der Waals surface area contributed by atoms with Gasteiger partial charge in [0.05, 0.1) is 26.7 Å². The second-order valence-corrected chi connectivity index (χ2v) is 9.57. The number of carbonyl (C=O) groups is 1. The number of halogens is 2. The molecule has 0 spiro atoms. The second-order valence-electron chi connectivity index (χ2n) is 6.16. The topological polar surface area (TPSA) is 127 Å². The second kappa shape index (κ2) is 9.00. The molecule has 0 bridgehead atoms. The zero-order valence-electron chi connectivity index (χ0n) is 15.3. The molecule has 2 unspecified atom stereocenters. The van der Waals surface area contributed by atoms with Crippen LogP contribution < -0.4 is 10.3 Å². The lowest BCUT2D eigenvalue weighted by atomic mass is 10.2. The number of sulfonamides is 1. The maximum absolute atomic E-state index is 12.6. The fraction of sp³-hybridized carbons (Fsp3) is 0.235. The maximum Gasteiger partial charge on any atom is 0.327 e. The van der Waals surface area contributed by atoms with E-state index < -0.39 is 28.1 Å². The van der Waals surface area contributed by atoms with Crippen molar-refractivity contribution in [3.05, 3.63) is 61.9 Å². The first-order chi connectivity index (χ1) is 14.1. The third-order valence-corrected chi connectivity index (χ3v) is 6.87. The molecule has 1 aromatic carbocycles. The highest BCUT2D eigenvalue weighted by atomic mass is 35.5. The van der Waals surface area contributed by atoms with Crippen LogP contribution in [-0.4, -0.2) is 41.0 Å². The number of nitrogens with zero attached hydrogens (tertiary/aromatic N) is 2. The number of aliphatic hydroxyl groups is 1. The van der Waals surface area contributed by atoms with Crippen LogP contribution >= 0.6 is 34.5 Å². The van der Waals surface area contributed by atoms with E-state index in [2.05, 4.69) is 9.71 Å². The Kier molecular flexibility index (Phi) is 6.80. The molecule has 30 heavy (non-hydrogen) atoms. The number of esters is 1. The molecule has 160 valence electrons. The minimum atomic E-state index is -4.22. The van der Waals surface area contributed by atoms with Gasteiger partial charge in [-0.15, -0.1) is 11.3 Å². The van der Waals surface area contributed by atoms with Crippen molar-refractivity contribution in [3.63, 3.8) is 0 Å². The highest BCUT2D eigenvalue weighted by Crippen LogP contribution is 2.25. The van der Waals surface area contributed by atoms with Crippen molar-refractivity contribution >= 4 is 55.5 Å². The van der Waals surface area contributed by atoms with E-state index >= 15 is 0 Å². The van der Waals surface area contributed by atoms with Crippen LogP contribution in [0.4, 0.5) is 0 Å². The SMILES string of the molecule is CC(O)C(NS(=O)(=O)c1ccc(Cl)c(Cl)c1)C(=O)OCc1cc(=O)n2ccsc2n1. The predicted molar refractivity (Wildman–Crippen MR) is 111 cm³/mol. The van der Waals surface area contributed by atoms with Gasteiger partial charge in [-0.25, -0.2) is 13.4 Å². The summed E-state index contributed by atoms with van der Waals surface area (Å²) in [5, 5.41) is 11.8. The van der Waals surface area contributed by atoms with Gasteiger partial charge in [-0.1, -0.05) is 23.2 Å². The molecule has 2 N–H and O–H groups in total. The molecular weight excluding hydrogens is 477 g/mol. The Labute approximate surface area is 184 Å². The van der Waals surface area contributed by atoms with Gasteiger partial charge < -0.3 is 9.84 Å². The van der Waals surface area contributed by atoms with Gasteiger partial charge in [0.2, 0.25) is 10.0 Å². The number of benzene rings is 1. The van der Waals surface area contributed by atoms with Gasteiger partial charge in [0, 0.05) is 17.6 Å². The zero-order valence-corrected chi connectivity index (χ0v) is 18.4. The summed E-state index contributed by atoms with van der Waals surface area (Å²) in [6.45, 7) is 0.853. The highest BCUT2D eigenvalue weighted by Gasteiger charge is 2.31. The first kappa shape index (κ1) is 22.7. The van der Waals surface area contributed by atoms with Crippen LogP contribution in [0.15, 0.2) is 45.5 Å². The van der Waals surface area contributed by atoms with Crippen molar-refractivity contribution in [1.29, 1.82) is 0 Å². The van der Waals surface area contributed by atoms with E-state index in [-0.39, 0.29) is 32.8 Å². The number of fused-ring (bicyclic) bond motifs is 1. The maximum atomic E-state index is 12.6. The molecule has 9 nitrogen and oxygen atoms in total. The Morgan fingerprint density at radius 3 is 2.73 bits per heavy atom. The zero-order chi connectivity index (χ0) is 22.1. The molecule has 3 aromatic rings. The fourth-order valence-electron chi connectivity index (χ4n) is 2.42. The van der Waals surface area contributed by atoms with Gasteiger partial charge in [-0.2, -0.15) is 4.72 Å². The first-order valence-corrected chi connectivity index (χ1v) is 11.5. The van der Waals surface area contributed by atoms with E-state index in [9.17, 15) is 23.1 Å². The summed E-state index contributed by atoms with van der Waals surface area (Å²) < 4.78 is 33.6. The number of rotatable bonds is 7. The average Bonchev–Trinajstić information content (AvgIpc) is 3.15. The molecule has 0 saturated heterocycles. The van der Waals surface area contributed by atoms with E-state index in [1.54, 1.807) is 11.6 Å². The number of ether oxygens (including phenoxy) is 1. The molecule has 0 radical (unpaired) electrons. The van der Waals surface area contributed by atoms with Crippen molar-refractivity contribution in [2.75, 3.05) is 0 Å². The molecule has 0 aliphatic rings. The molecule has 2 aromatic heterocycles. The molecular formula is C17H15Cl2N3O6S2. The van der Waals surface area contributed by atoms with Crippen LogP contribution in [0.25, 0.3) is 4.96 Å². The Morgan fingerprint density at radius 2 is 2.07 bits per heavy atom. The lowest BCUT2D eigenvalue weighted by Gasteiger charge is -2.20. The lowest BCUT2D eigenvalue weighted by molar-refractivity contribution is -0.149. The minimum Gasteiger partial charge on any atom is -0.458 e. The molecule has 3 rings (SSSR count). The quantitative estimate of drug-likeness (QED) is 0.482. The number of aliphatic hydroxyl groups excluding tert-OH is 1. The third kappa shape index (κ3) is 4.99. The van der Waals surface area contributed by atoms with Crippen LogP contribution in [0.2, 0.25) is 10.0 Å². The van der Waals surface area contributed by atoms with Crippen molar-refractivity contribution in [3.8, 4) is 0 Å². The molecule has 2 atom stereocenters. The summed E-state index contributed by atoms with van der Waals surface area (Å²) >= 11 is 12.9. The third-order valence-electron chi connectivity index (χ3n) is 3.94. The fourth-order valence-corrected chi connectivity index (χ4v) is 4.80. The summed E-state index contributed by atoms with van der Waals surface area (Å²) in [7, 11) is -4.22. The molecule has 0 saturated carbocycles. The number of hydrogen-bond donors (Lipinski definition) is 2. The Morgan fingerprint density at radius 1 is 1.33 bits per heavy atom. The van der Waals surface area contributed by atoms with Gasteiger partial charge in [0.25, 0.3) is 5.56 Å². The number of carbonyl (C=O) groups excluding carboxylic acids is 1. The van der Waals surface area contributed by atoms with Crippen molar-refractivity contribution in [2.24, 2.45) is 0 Å². The highest BCUT2D eigenvalue weighted by molar-refractivity contribution is 7.89. The summed E-state index contributed by atoms with van der Waals surface area (Å²) in [5.41, 5.74) is -0.160. The Bertz CT molecular complexity index is 1260. The summed E-state index contributed by atoms with van der Waals surface area (Å²) in [5.74, 6) is -1.04. The lowest BCUT2D eigenvalue weighted by Crippen LogP contribution is -2.48. The Hall–Kier alpha value is -2.02. The largest absolute Gasteiger partial charge is 0.458 e. The molecule has 0 amide bonds. The Balaban J connectivity index is 1.75. The smallest absolute Gasteiger partial charge is 0.327 e. The van der Waals surface area contributed by atoms with E-state index in [1.807, 2.05) is 0 Å². The molecule has 13 heteroatoms. The van der Waals surface area contributed by atoms with E-state index in [1.165, 1.54) is 40.9 Å². The van der Waals surface area contributed by atoms with Crippen LogP contribution in [0.5, 0.6) is 0 Å². The van der Waals surface area contributed by atoms with Crippen LogP contribution in [-0.2, 0) is 26.2 Å². The molecule has 0 fully saturated rings. The van der Waals surface area contributed by atoms with Crippen molar-refractivity contribution in [2.45, 2.75) is 30.6 Å². The summed E-state index contributed by atoms with van der Waals surface area (Å²) in [6, 6.07) is 3.21. The van der Waals surface area contributed by atoms with Crippen LogP contribution in [0, 0.1) is 0 Å². The number of hydrogen-bond acceptors (Lipinski definition) is 8. The van der Waals surface area contributed by atoms with Gasteiger partial charge in [0.15, 0.2) is 4.96 Å². The normalized spacial score (nSPS) is 13.9. The van der Waals surface area contributed by atoms with E-state index in [0.717, 1.165) is 6.07 Å². The standard InChI is InChI=1S/C17H15Cl2N3O6S2/c1-9(23)15(21-30(26,27)11-2-3-12(18)13(19)7-11)16(25)28-8-10-6-14(24)22-4-5-29-17(22)20-10/h2-7,9,15,21,23H,8H2,1H3. The average molecular weight is 492 g/mol. The van der Waals surface area contributed by atoms with Gasteiger partial charge in [0.1, 0.15) is 12.6 Å². The van der Waals surface area contributed by atoms with E-state index in [4.69, 9.17) is 27.9 Å².